The Labute approximate surface area is 241 Å². The lowest BCUT2D eigenvalue weighted by Gasteiger charge is -2.25. The van der Waals surface area contributed by atoms with Crippen molar-refractivity contribution in [1.82, 2.24) is 4.90 Å². The van der Waals surface area contributed by atoms with Gasteiger partial charge in [0.1, 0.15) is 11.1 Å². The van der Waals surface area contributed by atoms with Crippen molar-refractivity contribution in [3.63, 3.8) is 0 Å². The molecule has 1 unspecified atom stereocenters. The van der Waals surface area contributed by atoms with Crippen LogP contribution in [0.4, 0.5) is 10.7 Å². The molecule has 9 nitrogen and oxygen atoms in total. The number of thioether (sulfide) groups is 1. The Morgan fingerprint density at radius 1 is 1.12 bits per heavy atom. The van der Waals surface area contributed by atoms with E-state index < -0.39 is 5.25 Å². The van der Waals surface area contributed by atoms with E-state index in [1.54, 1.807) is 29.2 Å². The quantitative estimate of drug-likeness (QED) is 0.331. The van der Waals surface area contributed by atoms with Gasteiger partial charge in [-0.25, -0.2) is 0 Å². The van der Waals surface area contributed by atoms with Crippen LogP contribution in [-0.2, 0) is 22.6 Å². The molecule has 0 radical (unpaired) electrons. The van der Waals surface area contributed by atoms with Crippen LogP contribution < -0.4 is 20.1 Å². The molecule has 0 saturated heterocycles. The van der Waals surface area contributed by atoms with Gasteiger partial charge in [-0.05, 0) is 54.8 Å². The lowest BCUT2D eigenvalue weighted by atomic mass is 10.0. The molecule has 40 heavy (non-hydrogen) atoms. The first-order valence-electron chi connectivity index (χ1n) is 12.7. The molecule has 1 aliphatic rings. The smallest absolute Gasteiger partial charge is 0.255 e. The Balaban J connectivity index is 1.44. The molecule has 0 fully saturated rings. The summed E-state index contributed by atoms with van der Waals surface area (Å²) in [7, 11) is 3.04. The summed E-state index contributed by atoms with van der Waals surface area (Å²) >= 11 is 2.75. The second-order valence-corrected chi connectivity index (χ2v) is 11.4. The SMILES string of the molecule is CCC(Sc1cccc(NC(=O)c2ccc(OC)c(OC)c2)c1)C(=O)Nc1sc2c(c1C#N)CCN(C(C)=O)C2. The van der Waals surface area contributed by atoms with Crippen molar-refractivity contribution in [2.75, 3.05) is 31.4 Å². The average molecular weight is 579 g/mol. The Morgan fingerprint density at radius 2 is 1.90 bits per heavy atom. The van der Waals surface area contributed by atoms with Crippen molar-refractivity contribution in [2.45, 2.75) is 43.4 Å². The van der Waals surface area contributed by atoms with Gasteiger partial charge in [0.05, 0.1) is 31.6 Å². The minimum absolute atomic E-state index is 0.00673. The summed E-state index contributed by atoms with van der Waals surface area (Å²) in [4.78, 5) is 41.4. The molecule has 0 aliphatic carbocycles. The standard InChI is InChI=1S/C29H30N4O5S2/c1-5-25(28(36)32-29-22(15-30)21-11-12-33(17(2)34)16-26(21)40-29)39-20-8-6-7-19(14-20)31-27(35)18-9-10-23(37-3)24(13-18)38-4/h6-10,13-14,25H,5,11-12,16H2,1-4H3,(H,31,35)(H,32,36). The summed E-state index contributed by atoms with van der Waals surface area (Å²) in [6.07, 6.45) is 1.15. The maximum absolute atomic E-state index is 13.3. The van der Waals surface area contributed by atoms with Gasteiger partial charge in [-0.15, -0.1) is 23.1 Å². The Hall–Kier alpha value is -4.01. The van der Waals surface area contributed by atoms with E-state index in [1.165, 1.54) is 44.2 Å². The highest BCUT2D eigenvalue weighted by Crippen LogP contribution is 2.38. The van der Waals surface area contributed by atoms with Crippen molar-refractivity contribution in [1.29, 1.82) is 5.26 Å². The Bertz CT molecular complexity index is 1480. The summed E-state index contributed by atoms with van der Waals surface area (Å²) in [5.74, 6) is 0.475. The van der Waals surface area contributed by atoms with Gasteiger partial charge in [0.25, 0.3) is 5.91 Å². The minimum Gasteiger partial charge on any atom is -0.493 e. The van der Waals surface area contributed by atoms with E-state index in [4.69, 9.17) is 9.47 Å². The molecule has 0 bridgehead atoms. The summed E-state index contributed by atoms with van der Waals surface area (Å²) in [5.41, 5.74) is 2.41. The Morgan fingerprint density at radius 3 is 2.58 bits per heavy atom. The lowest BCUT2D eigenvalue weighted by molar-refractivity contribution is -0.129. The maximum Gasteiger partial charge on any atom is 0.255 e. The number of nitriles is 1. The highest BCUT2D eigenvalue weighted by Gasteiger charge is 2.28. The molecule has 1 atom stereocenters. The predicted octanol–water partition coefficient (Wildman–Crippen LogP) is 5.30. The van der Waals surface area contributed by atoms with E-state index in [1.807, 2.05) is 25.1 Å². The third-order valence-electron chi connectivity index (χ3n) is 6.53. The third kappa shape index (κ3) is 6.41. The fourth-order valence-electron chi connectivity index (χ4n) is 4.39. The number of carbonyl (C=O) groups is 3. The van der Waals surface area contributed by atoms with Crippen molar-refractivity contribution in [3.8, 4) is 17.6 Å². The summed E-state index contributed by atoms with van der Waals surface area (Å²) in [6, 6.07) is 14.5. The first-order chi connectivity index (χ1) is 19.3. The molecule has 2 aromatic carbocycles. The van der Waals surface area contributed by atoms with Crippen molar-refractivity contribution in [3.05, 3.63) is 64.0 Å². The van der Waals surface area contributed by atoms with Gasteiger partial charge in [0, 0.05) is 34.5 Å². The van der Waals surface area contributed by atoms with E-state index in [-0.39, 0.29) is 17.7 Å². The van der Waals surface area contributed by atoms with Gasteiger partial charge in [-0.2, -0.15) is 5.26 Å². The van der Waals surface area contributed by atoms with Gasteiger partial charge in [-0.1, -0.05) is 13.0 Å². The molecule has 4 rings (SSSR count). The number of methoxy groups -OCH3 is 2. The molecule has 208 valence electrons. The molecule has 2 heterocycles. The van der Waals surface area contributed by atoms with E-state index in [0.29, 0.717) is 59.2 Å². The van der Waals surface area contributed by atoms with Crippen LogP contribution in [0.15, 0.2) is 47.4 Å². The topological polar surface area (TPSA) is 121 Å². The number of nitrogens with one attached hydrogen (secondary N) is 2. The van der Waals surface area contributed by atoms with Crippen LogP contribution in [0.1, 0.15) is 46.6 Å². The fourth-order valence-corrected chi connectivity index (χ4v) is 6.62. The van der Waals surface area contributed by atoms with Gasteiger partial charge in [0.2, 0.25) is 11.8 Å². The molecule has 3 aromatic rings. The number of thiophene rings is 1. The van der Waals surface area contributed by atoms with Crippen molar-refractivity contribution < 1.29 is 23.9 Å². The van der Waals surface area contributed by atoms with Crippen molar-refractivity contribution >= 4 is 51.5 Å². The second kappa shape index (κ2) is 12.9. The van der Waals surface area contributed by atoms with E-state index in [9.17, 15) is 19.6 Å². The second-order valence-electron chi connectivity index (χ2n) is 9.07. The minimum atomic E-state index is -0.420. The zero-order valence-corrected chi connectivity index (χ0v) is 24.3. The zero-order chi connectivity index (χ0) is 28.8. The summed E-state index contributed by atoms with van der Waals surface area (Å²) < 4.78 is 10.5. The molecule has 1 aliphatic heterocycles. The number of rotatable bonds is 9. The molecule has 0 saturated carbocycles. The summed E-state index contributed by atoms with van der Waals surface area (Å²) in [5, 5.41) is 15.8. The third-order valence-corrected chi connectivity index (χ3v) is 9.02. The molecule has 11 heteroatoms. The molecule has 2 N–H and O–H groups in total. The highest BCUT2D eigenvalue weighted by atomic mass is 32.2. The average Bonchev–Trinajstić information content (AvgIpc) is 3.31. The molecule has 3 amide bonds. The molecule has 0 spiro atoms. The van der Waals surface area contributed by atoms with Crippen LogP contribution in [0.3, 0.4) is 0 Å². The number of fused-ring (bicyclic) bond motifs is 1. The number of nitrogens with zero attached hydrogens (tertiary/aromatic N) is 2. The highest BCUT2D eigenvalue weighted by molar-refractivity contribution is 8.00. The van der Waals surface area contributed by atoms with Crippen LogP contribution >= 0.6 is 23.1 Å². The lowest BCUT2D eigenvalue weighted by Crippen LogP contribution is -2.33. The van der Waals surface area contributed by atoms with E-state index in [0.717, 1.165) is 15.3 Å². The number of hydrogen-bond donors (Lipinski definition) is 2. The van der Waals surface area contributed by atoms with Crippen LogP contribution in [0.5, 0.6) is 11.5 Å². The van der Waals surface area contributed by atoms with Crippen LogP contribution in [0, 0.1) is 11.3 Å². The number of benzene rings is 2. The van der Waals surface area contributed by atoms with Gasteiger partial charge < -0.3 is 25.0 Å². The number of ether oxygens (including phenoxy) is 2. The van der Waals surface area contributed by atoms with E-state index >= 15 is 0 Å². The van der Waals surface area contributed by atoms with Crippen LogP contribution in [0.2, 0.25) is 0 Å². The van der Waals surface area contributed by atoms with Gasteiger partial charge >= 0.3 is 0 Å². The number of amides is 3. The fraction of sp³-hybridized carbons (Fsp3) is 0.310. The van der Waals surface area contributed by atoms with Gasteiger partial charge in [-0.3, -0.25) is 14.4 Å². The predicted molar refractivity (Wildman–Crippen MR) is 156 cm³/mol. The van der Waals surface area contributed by atoms with Crippen LogP contribution in [0.25, 0.3) is 0 Å². The number of hydrogen-bond acceptors (Lipinski definition) is 8. The number of carbonyl (C=O) groups excluding carboxylic acids is 3. The molecular weight excluding hydrogens is 548 g/mol. The van der Waals surface area contributed by atoms with Crippen molar-refractivity contribution in [2.24, 2.45) is 0 Å². The van der Waals surface area contributed by atoms with Crippen LogP contribution in [-0.4, -0.2) is 48.6 Å². The molecule has 1 aromatic heterocycles. The first-order valence-corrected chi connectivity index (χ1v) is 14.4. The maximum atomic E-state index is 13.3. The van der Waals surface area contributed by atoms with E-state index in [2.05, 4.69) is 16.7 Å². The summed E-state index contributed by atoms with van der Waals surface area (Å²) in [6.45, 7) is 4.47. The van der Waals surface area contributed by atoms with Gasteiger partial charge in [0.15, 0.2) is 11.5 Å². The Kier molecular flexibility index (Phi) is 9.34. The zero-order valence-electron chi connectivity index (χ0n) is 22.7. The normalized spacial score (nSPS) is 13.0. The number of anilines is 2. The first kappa shape index (κ1) is 29.0. The largest absolute Gasteiger partial charge is 0.493 e. The molecular formula is C29H30N4O5S2. The monoisotopic (exact) mass is 578 g/mol.